The number of nitrogens with two attached hydrogens (primary N) is 1. The van der Waals surface area contributed by atoms with E-state index in [1.807, 2.05) is 14.0 Å². The summed E-state index contributed by atoms with van der Waals surface area (Å²) in [6.07, 6.45) is 7.81. The van der Waals surface area contributed by atoms with E-state index in [0.29, 0.717) is 22.5 Å². The molecule has 1 saturated carbocycles. The summed E-state index contributed by atoms with van der Waals surface area (Å²) >= 11 is 0. The van der Waals surface area contributed by atoms with Crippen LogP contribution < -0.4 is 11.1 Å². The molecule has 2 atom stereocenters. The lowest BCUT2D eigenvalue weighted by Crippen LogP contribution is -2.42. The molecule has 132 valence electrons. The number of anilines is 1. The summed E-state index contributed by atoms with van der Waals surface area (Å²) < 4.78 is 1.79. The summed E-state index contributed by atoms with van der Waals surface area (Å²) in [5.41, 5.74) is 9.42. The SMILES string of the molecule is Cc1c(-c2nc(NC3CCCCC3N)nc3c[nH]c(O)c23)cnn1C. The molecule has 3 aromatic rings. The number of nitrogens with one attached hydrogen (secondary N) is 2. The van der Waals surface area contributed by atoms with Crippen molar-refractivity contribution in [2.45, 2.75) is 44.7 Å². The van der Waals surface area contributed by atoms with E-state index in [4.69, 9.17) is 10.7 Å². The number of hydrogen-bond acceptors (Lipinski definition) is 6. The first-order valence-corrected chi connectivity index (χ1v) is 8.63. The zero-order chi connectivity index (χ0) is 17.6. The average Bonchev–Trinajstić information content (AvgIpc) is 3.13. The van der Waals surface area contributed by atoms with Gasteiger partial charge in [-0.05, 0) is 19.8 Å². The van der Waals surface area contributed by atoms with E-state index in [2.05, 4.69) is 20.4 Å². The topological polar surface area (TPSA) is 118 Å². The fourth-order valence-corrected chi connectivity index (χ4v) is 3.52. The lowest BCUT2D eigenvalue weighted by molar-refractivity contribution is 0.402. The zero-order valence-corrected chi connectivity index (χ0v) is 14.5. The van der Waals surface area contributed by atoms with Gasteiger partial charge in [-0.15, -0.1) is 0 Å². The van der Waals surface area contributed by atoms with Crippen molar-refractivity contribution in [2.75, 3.05) is 5.32 Å². The number of aromatic nitrogens is 5. The Balaban J connectivity index is 1.80. The van der Waals surface area contributed by atoms with Gasteiger partial charge in [-0.2, -0.15) is 5.10 Å². The Kier molecular flexibility index (Phi) is 3.84. The minimum atomic E-state index is 0.0640. The van der Waals surface area contributed by atoms with Crippen molar-refractivity contribution in [3.63, 3.8) is 0 Å². The maximum Gasteiger partial charge on any atom is 0.224 e. The van der Waals surface area contributed by atoms with Gasteiger partial charge in [0, 0.05) is 36.6 Å². The average molecular weight is 341 g/mol. The van der Waals surface area contributed by atoms with Crippen LogP contribution in [-0.2, 0) is 7.05 Å². The van der Waals surface area contributed by atoms with Crippen LogP contribution in [0.1, 0.15) is 31.4 Å². The highest BCUT2D eigenvalue weighted by Crippen LogP contribution is 2.34. The molecule has 3 heterocycles. The van der Waals surface area contributed by atoms with Crippen LogP contribution in [0.5, 0.6) is 5.88 Å². The summed E-state index contributed by atoms with van der Waals surface area (Å²) in [5, 5.41) is 18.5. The fourth-order valence-electron chi connectivity index (χ4n) is 3.52. The molecule has 0 aromatic carbocycles. The Labute approximate surface area is 145 Å². The van der Waals surface area contributed by atoms with Crippen molar-refractivity contribution in [3.8, 4) is 17.1 Å². The summed E-state index contributed by atoms with van der Waals surface area (Å²) in [6.45, 7) is 1.98. The molecule has 3 aromatic heterocycles. The van der Waals surface area contributed by atoms with E-state index in [0.717, 1.165) is 30.5 Å². The maximum atomic E-state index is 10.2. The van der Waals surface area contributed by atoms with Crippen molar-refractivity contribution in [3.05, 3.63) is 18.1 Å². The quantitative estimate of drug-likeness (QED) is 0.579. The highest BCUT2D eigenvalue weighted by molar-refractivity contribution is 5.97. The van der Waals surface area contributed by atoms with Gasteiger partial charge in [0.25, 0.3) is 0 Å². The zero-order valence-electron chi connectivity index (χ0n) is 14.5. The second-order valence-electron chi connectivity index (χ2n) is 6.76. The molecule has 0 amide bonds. The summed E-state index contributed by atoms with van der Waals surface area (Å²) in [4.78, 5) is 12.1. The molecule has 0 radical (unpaired) electrons. The Bertz CT molecular complexity index is 913. The van der Waals surface area contributed by atoms with Gasteiger partial charge >= 0.3 is 0 Å². The maximum absolute atomic E-state index is 10.2. The van der Waals surface area contributed by atoms with Crippen LogP contribution in [0.25, 0.3) is 22.2 Å². The van der Waals surface area contributed by atoms with Crippen molar-refractivity contribution in [1.29, 1.82) is 0 Å². The van der Waals surface area contributed by atoms with Gasteiger partial charge in [0.2, 0.25) is 5.95 Å². The molecule has 8 nitrogen and oxygen atoms in total. The molecular weight excluding hydrogens is 318 g/mol. The number of rotatable bonds is 3. The monoisotopic (exact) mass is 341 g/mol. The minimum Gasteiger partial charge on any atom is -0.494 e. The number of nitrogens with zero attached hydrogens (tertiary/aromatic N) is 4. The minimum absolute atomic E-state index is 0.0640. The predicted molar refractivity (Wildman–Crippen MR) is 96.3 cm³/mol. The standard InChI is InChI=1S/C17H23N7O/c1-9-10(7-20-24(9)2)15-14-13(8-19-16(14)25)22-17(23-15)21-12-6-4-3-5-11(12)18/h7-8,11-12,19,25H,3-6,18H2,1-2H3,(H,21,22). The summed E-state index contributed by atoms with van der Waals surface area (Å²) in [5.74, 6) is 0.598. The second-order valence-corrected chi connectivity index (χ2v) is 6.76. The molecule has 0 aliphatic heterocycles. The summed E-state index contributed by atoms with van der Waals surface area (Å²) in [6, 6.07) is 0.276. The van der Waals surface area contributed by atoms with Crippen molar-refractivity contribution in [2.24, 2.45) is 12.8 Å². The number of fused-ring (bicyclic) bond motifs is 1. The van der Waals surface area contributed by atoms with Crippen LogP contribution in [-0.4, -0.2) is 41.9 Å². The number of aromatic amines is 1. The first kappa shape index (κ1) is 15.9. The molecule has 0 saturated heterocycles. The number of aryl methyl sites for hydroxylation is 1. The van der Waals surface area contributed by atoms with E-state index in [9.17, 15) is 5.11 Å². The van der Waals surface area contributed by atoms with Crippen molar-refractivity contribution >= 4 is 16.9 Å². The van der Waals surface area contributed by atoms with E-state index < -0.39 is 0 Å². The van der Waals surface area contributed by atoms with Crippen LogP contribution in [0, 0.1) is 6.92 Å². The van der Waals surface area contributed by atoms with Crippen molar-refractivity contribution < 1.29 is 5.11 Å². The van der Waals surface area contributed by atoms with E-state index >= 15 is 0 Å². The van der Waals surface area contributed by atoms with Gasteiger partial charge in [-0.25, -0.2) is 9.97 Å². The number of H-pyrrole nitrogens is 1. The molecule has 5 N–H and O–H groups in total. The number of aromatic hydroxyl groups is 1. The Morgan fingerprint density at radius 1 is 1.32 bits per heavy atom. The fraction of sp³-hybridized carbons (Fsp3) is 0.471. The highest BCUT2D eigenvalue weighted by atomic mass is 16.3. The normalized spacial score (nSPS) is 20.9. The molecular formula is C17H23N7O. The van der Waals surface area contributed by atoms with E-state index in [1.165, 1.54) is 6.42 Å². The van der Waals surface area contributed by atoms with Gasteiger partial charge in [0.15, 0.2) is 5.88 Å². The Morgan fingerprint density at radius 2 is 2.12 bits per heavy atom. The van der Waals surface area contributed by atoms with Gasteiger partial charge < -0.3 is 21.1 Å². The molecule has 8 heteroatoms. The second kappa shape index (κ2) is 6.03. The van der Waals surface area contributed by atoms with Gasteiger partial charge in [0.1, 0.15) is 0 Å². The Hall–Kier alpha value is -2.61. The third-order valence-electron chi connectivity index (χ3n) is 5.14. The predicted octanol–water partition coefficient (Wildman–Crippen LogP) is 2.05. The van der Waals surface area contributed by atoms with Crippen LogP contribution in [0.4, 0.5) is 5.95 Å². The molecule has 2 unspecified atom stereocenters. The molecule has 0 spiro atoms. The third kappa shape index (κ3) is 2.72. The smallest absolute Gasteiger partial charge is 0.224 e. The van der Waals surface area contributed by atoms with Crippen LogP contribution in [0.2, 0.25) is 0 Å². The molecule has 1 aliphatic rings. The molecule has 0 bridgehead atoms. The molecule has 1 aliphatic carbocycles. The van der Waals surface area contributed by atoms with E-state index in [-0.39, 0.29) is 18.0 Å². The third-order valence-corrected chi connectivity index (χ3v) is 5.14. The first-order chi connectivity index (χ1) is 12.0. The summed E-state index contributed by atoms with van der Waals surface area (Å²) in [7, 11) is 1.88. The molecule has 25 heavy (non-hydrogen) atoms. The van der Waals surface area contributed by atoms with Crippen LogP contribution >= 0.6 is 0 Å². The van der Waals surface area contributed by atoms with Crippen LogP contribution in [0.3, 0.4) is 0 Å². The van der Waals surface area contributed by atoms with Gasteiger partial charge in [0.05, 0.1) is 22.8 Å². The molecule has 4 rings (SSSR count). The highest BCUT2D eigenvalue weighted by Gasteiger charge is 2.24. The molecule has 1 fully saturated rings. The van der Waals surface area contributed by atoms with E-state index in [1.54, 1.807) is 17.1 Å². The number of hydrogen-bond donors (Lipinski definition) is 4. The van der Waals surface area contributed by atoms with Gasteiger partial charge in [-0.3, -0.25) is 4.68 Å². The Morgan fingerprint density at radius 3 is 2.84 bits per heavy atom. The van der Waals surface area contributed by atoms with Crippen LogP contribution in [0.15, 0.2) is 12.4 Å². The largest absolute Gasteiger partial charge is 0.494 e. The first-order valence-electron chi connectivity index (χ1n) is 8.63. The lowest BCUT2D eigenvalue weighted by atomic mass is 9.91. The lowest BCUT2D eigenvalue weighted by Gasteiger charge is -2.29. The van der Waals surface area contributed by atoms with Crippen molar-refractivity contribution in [1.82, 2.24) is 24.7 Å². The van der Waals surface area contributed by atoms with Gasteiger partial charge in [-0.1, -0.05) is 12.8 Å².